The zero-order chi connectivity index (χ0) is 37.6. The highest BCUT2D eigenvalue weighted by Gasteiger charge is 2.61. The van der Waals surface area contributed by atoms with E-state index in [0.717, 1.165) is 39.8 Å². The van der Waals surface area contributed by atoms with Gasteiger partial charge in [-0.25, -0.2) is 9.97 Å². The molecule has 274 valence electrons. The molecule has 8 aromatic rings. The molecule has 1 heterocycles. The first kappa shape index (κ1) is 32.2. The molecule has 2 heteroatoms. The molecule has 0 unspecified atom stereocenters. The van der Waals surface area contributed by atoms with E-state index < -0.39 is 0 Å². The van der Waals surface area contributed by atoms with Crippen LogP contribution in [-0.4, -0.2) is 9.97 Å². The molecule has 0 N–H and O–H groups in total. The largest absolute Gasteiger partial charge is 0.228 e. The average molecular weight is 733 g/mol. The van der Waals surface area contributed by atoms with E-state index in [1.54, 1.807) is 11.1 Å². The van der Waals surface area contributed by atoms with Gasteiger partial charge in [0.25, 0.3) is 0 Å². The van der Waals surface area contributed by atoms with E-state index in [9.17, 15) is 0 Å². The molecule has 0 radical (unpaired) electrons. The zero-order valence-electron chi connectivity index (χ0n) is 32.6. The average Bonchev–Trinajstić information content (AvgIpc) is 3.67. The lowest BCUT2D eigenvalue weighted by atomic mass is 9.43. The standard InChI is InChI=1S/C55H44N2/c1-54(2)46-18-9-8-15-42(46)43-17-10-16-41(51(43)54)36-19-22-47-44(30-36)45-31-37(20-23-48(45)55(47)38-26-32-25-33(28-38)29-39(55)27-32)52-50-40-14-7-6-11-34(40)21-24-49(50)56-53(57-52)35-12-4-3-5-13-35/h3-24,30-33,38-39H,25-29H2,1-2H3. The Morgan fingerprint density at radius 1 is 0.474 bits per heavy atom. The Morgan fingerprint density at radius 2 is 1.12 bits per heavy atom. The van der Waals surface area contributed by atoms with E-state index in [-0.39, 0.29) is 10.8 Å². The maximum Gasteiger partial charge on any atom is 0.160 e. The summed E-state index contributed by atoms with van der Waals surface area (Å²) in [6.07, 6.45) is 6.94. The minimum absolute atomic E-state index is 0.0808. The summed E-state index contributed by atoms with van der Waals surface area (Å²) in [5.74, 6) is 3.98. The maximum atomic E-state index is 5.48. The van der Waals surface area contributed by atoms with Crippen molar-refractivity contribution in [2.75, 3.05) is 0 Å². The molecule has 57 heavy (non-hydrogen) atoms. The van der Waals surface area contributed by atoms with Crippen LogP contribution >= 0.6 is 0 Å². The van der Waals surface area contributed by atoms with Gasteiger partial charge in [0.05, 0.1) is 11.2 Å². The molecule has 1 aromatic heterocycles. The van der Waals surface area contributed by atoms with Crippen LogP contribution in [0.25, 0.3) is 77.7 Å². The van der Waals surface area contributed by atoms with Gasteiger partial charge >= 0.3 is 0 Å². The number of benzene rings is 7. The summed E-state index contributed by atoms with van der Waals surface area (Å²) in [4.78, 5) is 10.7. The highest BCUT2D eigenvalue weighted by atomic mass is 14.9. The van der Waals surface area contributed by atoms with E-state index in [1.807, 2.05) is 0 Å². The van der Waals surface area contributed by atoms with Crippen molar-refractivity contribution in [3.05, 3.63) is 168 Å². The summed E-state index contributed by atoms with van der Waals surface area (Å²) in [5, 5.41) is 3.55. The molecule has 6 aliphatic rings. The first-order valence-electron chi connectivity index (χ1n) is 21.3. The Hall–Kier alpha value is -5.86. The van der Waals surface area contributed by atoms with Crippen molar-refractivity contribution < 1.29 is 0 Å². The summed E-state index contributed by atoms with van der Waals surface area (Å²) in [6.45, 7) is 4.83. The Morgan fingerprint density at radius 3 is 1.91 bits per heavy atom. The molecule has 2 nitrogen and oxygen atoms in total. The normalized spacial score (nSPS) is 24.2. The zero-order valence-corrected chi connectivity index (χ0v) is 32.6. The molecule has 6 aliphatic carbocycles. The lowest BCUT2D eigenvalue weighted by Gasteiger charge is -2.61. The molecule has 4 bridgehead atoms. The fourth-order valence-electron chi connectivity index (χ4n) is 13.4. The second kappa shape index (κ2) is 11.4. The summed E-state index contributed by atoms with van der Waals surface area (Å²) in [7, 11) is 0. The summed E-state index contributed by atoms with van der Waals surface area (Å²) >= 11 is 0. The molecule has 0 aliphatic heterocycles. The number of hydrogen-bond donors (Lipinski definition) is 0. The number of aromatic nitrogens is 2. The second-order valence-electron chi connectivity index (χ2n) is 18.5. The molecular formula is C55H44N2. The van der Waals surface area contributed by atoms with E-state index >= 15 is 0 Å². The molecule has 0 atom stereocenters. The summed E-state index contributed by atoms with van der Waals surface area (Å²) in [6, 6.07) is 54.8. The lowest BCUT2D eigenvalue weighted by molar-refractivity contribution is -0.0399. The van der Waals surface area contributed by atoms with Crippen molar-refractivity contribution in [1.82, 2.24) is 9.97 Å². The predicted molar refractivity (Wildman–Crippen MR) is 234 cm³/mol. The van der Waals surface area contributed by atoms with E-state index in [0.29, 0.717) is 11.8 Å². The Labute approximate surface area is 334 Å². The van der Waals surface area contributed by atoms with Gasteiger partial charge in [0.15, 0.2) is 5.82 Å². The fraction of sp³-hybridized carbons (Fsp3) is 0.236. The van der Waals surface area contributed by atoms with Crippen LogP contribution in [-0.2, 0) is 10.8 Å². The first-order valence-corrected chi connectivity index (χ1v) is 21.3. The van der Waals surface area contributed by atoms with Gasteiger partial charge in [-0.15, -0.1) is 0 Å². The van der Waals surface area contributed by atoms with Crippen molar-refractivity contribution in [3.63, 3.8) is 0 Å². The van der Waals surface area contributed by atoms with E-state index in [1.165, 1.54) is 92.9 Å². The van der Waals surface area contributed by atoms with E-state index in [4.69, 9.17) is 9.97 Å². The van der Waals surface area contributed by atoms with Gasteiger partial charge in [0.1, 0.15) is 0 Å². The first-order chi connectivity index (χ1) is 28.0. The summed E-state index contributed by atoms with van der Waals surface area (Å²) < 4.78 is 0. The Kier molecular flexibility index (Phi) is 6.44. The minimum atomic E-state index is -0.0808. The van der Waals surface area contributed by atoms with Gasteiger partial charge in [0, 0.05) is 27.3 Å². The van der Waals surface area contributed by atoms with Crippen LogP contribution in [0.4, 0.5) is 0 Å². The molecular weight excluding hydrogens is 689 g/mol. The van der Waals surface area contributed by atoms with Crippen molar-refractivity contribution in [1.29, 1.82) is 0 Å². The van der Waals surface area contributed by atoms with Crippen LogP contribution in [0, 0.1) is 23.7 Å². The summed E-state index contributed by atoms with van der Waals surface area (Å²) in [5.41, 5.74) is 18.6. The quantitative estimate of drug-likeness (QED) is 0.169. The number of nitrogens with zero attached hydrogens (tertiary/aromatic N) is 2. The van der Waals surface area contributed by atoms with E-state index in [2.05, 4.69) is 159 Å². The Bertz CT molecular complexity index is 2980. The third-order valence-electron chi connectivity index (χ3n) is 15.4. The van der Waals surface area contributed by atoms with Crippen LogP contribution < -0.4 is 0 Å². The lowest BCUT2D eigenvalue weighted by Crippen LogP contribution is -2.55. The van der Waals surface area contributed by atoms with Crippen LogP contribution in [0.15, 0.2) is 146 Å². The SMILES string of the molecule is CC1(C)c2ccccc2-c2cccc(-c3ccc4c(c3)-c3cc(-c5nc(-c6ccccc6)nc6ccc7ccccc7c56)ccc3C43C4CC5CC(C4)CC3C5)c21. The topological polar surface area (TPSA) is 25.8 Å². The molecule has 0 amide bonds. The third kappa shape index (κ3) is 4.26. The maximum absolute atomic E-state index is 5.48. The molecule has 14 rings (SSSR count). The van der Waals surface area contributed by atoms with Crippen molar-refractivity contribution >= 4 is 21.7 Å². The van der Waals surface area contributed by atoms with Gasteiger partial charge in [0.2, 0.25) is 0 Å². The molecule has 0 saturated heterocycles. The third-order valence-corrected chi connectivity index (χ3v) is 15.4. The molecule has 4 saturated carbocycles. The Balaban J connectivity index is 1.06. The van der Waals surface area contributed by atoms with Crippen LogP contribution in [0.1, 0.15) is 68.2 Å². The van der Waals surface area contributed by atoms with Crippen molar-refractivity contribution in [2.24, 2.45) is 23.7 Å². The van der Waals surface area contributed by atoms with Gasteiger partial charge in [-0.05, 0) is 140 Å². The highest BCUT2D eigenvalue weighted by molar-refractivity contribution is 6.13. The van der Waals surface area contributed by atoms with Crippen molar-refractivity contribution in [3.8, 4) is 56.0 Å². The van der Waals surface area contributed by atoms with Gasteiger partial charge in [-0.1, -0.05) is 141 Å². The monoisotopic (exact) mass is 732 g/mol. The predicted octanol–water partition coefficient (Wildman–Crippen LogP) is 13.8. The van der Waals surface area contributed by atoms with Crippen molar-refractivity contribution in [2.45, 2.75) is 56.8 Å². The number of hydrogen-bond acceptors (Lipinski definition) is 2. The van der Waals surface area contributed by atoms with Crippen LogP contribution in [0.3, 0.4) is 0 Å². The van der Waals surface area contributed by atoms with Crippen LogP contribution in [0.5, 0.6) is 0 Å². The van der Waals surface area contributed by atoms with Gasteiger partial charge in [-0.3, -0.25) is 0 Å². The minimum Gasteiger partial charge on any atom is -0.228 e. The highest BCUT2D eigenvalue weighted by Crippen LogP contribution is 2.70. The van der Waals surface area contributed by atoms with Gasteiger partial charge < -0.3 is 0 Å². The molecule has 4 fully saturated rings. The number of rotatable bonds is 3. The smallest absolute Gasteiger partial charge is 0.160 e. The molecule has 7 aromatic carbocycles. The van der Waals surface area contributed by atoms with Gasteiger partial charge in [-0.2, -0.15) is 0 Å². The molecule has 1 spiro atoms. The van der Waals surface area contributed by atoms with Crippen LogP contribution in [0.2, 0.25) is 0 Å². The number of fused-ring (bicyclic) bond motifs is 9. The second-order valence-corrected chi connectivity index (χ2v) is 18.5. The fourth-order valence-corrected chi connectivity index (χ4v) is 13.4.